The Bertz CT molecular complexity index is 299. The van der Waals surface area contributed by atoms with Crippen LogP contribution in [0.1, 0.15) is 47.0 Å². The van der Waals surface area contributed by atoms with Gasteiger partial charge in [-0.3, -0.25) is 0 Å². The third kappa shape index (κ3) is 4.32. The maximum absolute atomic E-state index is 2.67. The van der Waals surface area contributed by atoms with Crippen molar-refractivity contribution in [2.45, 2.75) is 47.0 Å². The molecule has 2 heteroatoms. The van der Waals surface area contributed by atoms with E-state index in [1.807, 2.05) is 0 Å². The largest absolute Gasteiger partial charge is 0.303 e. The Morgan fingerprint density at radius 1 is 1.11 bits per heavy atom. The molecular formula is C17H32N2. The van der Waals surface area contributed by atoms with E-state index in [1.165, 1.54) is 64.1 Å². The highest BCUT2D eigenvalue weighted by Gasteiger charge is 2.44. The van der Waals surface area contributed by atoms with Crippen LogP contribution in [0.4, 0.5) is 0 Å². The summed E-state index contributed by atoms with van der Waals surface area (Å²) in [4.78, 5) is 5.32. The standard InChI is InChI=1S/C17H32N2/c1-15(2)6-5-9-19-13-17(14-19)7-10-18(11-8-17)12-16(3)4/h6,16H,5,7-14H2,1-4H3. The van der Waals surface area contributed by atoms with E-state index in [9.17, 15) is 0 Å². The maximum atomic E-state index is 2.67. The minimum absolute atomic E-state index is 0.693. The van der Waals surface area contributed by atoms with E-state index in [4.69, 9.17) is 0 Å². The fraction of sp³-hybridized carbons (Fsp3) is 0.882. The van der Waals surface area contributed by atoms with Gasteiger partial charge in [0.1, 0.15) is 0 Å². The van der Waals surface area contributed by atoms with Crippen molar-refractivity contribution in [2.75, 3.05) is 39.3 Å². The van der Waals surface area contributed by atoms with Gasteiger partial charge in [-0.15, -0.1) is 0 Å². The van der Waals surface area contributed by atoms with Crippen LogP contribution < -0.4 is 0 Å². The number of piperidine rings is 1. The zero-order valence-corrected chi connectivity index (χ0v) is 13.4. The molecule has 19 heavy (non-hydrogen) atoms. The highest BCUT2D eigenvalue weighted by atomic mass is 15.2. The normalized spacial score (nSPS) is 23.6. The lowest BCUT2D eigenvalue weighted by Gasteiger charge is -2.54. The first kappa shape index (κ1) is 15.1. The predicted octanol–water partition coefficient (Wildman–Crippen LogP) is 3.40. The molecule has 2 nitrogen and oxygen atoms in total. The average Bonchev–Trinajstić information content (AvgIpc) is 2.28. The van der Waals surface area contributed by atoms with Crippen molar-refractivity contribution in [3.05, 3.63) is 11.6 Å². The summed E-state index contributed by atoms with van der Waals surface area (Å²) in [6, 6.07) is 0. The van der Waals surface area contributed by atoms with Crippen molar-refractivity contribution in [3.63, 3.8) is 0 Å². The summed E-state index contributed by atoms with van der Waals surface area (Å²) in [7, 11) is 0. The smallest absolute Gasteiger partial charge is 0.00516 e. The monoisotopic (exact) mass is 264 g/mol. The Labute approximate surface area is 119 Å². The van der Waals surface area contributed by atoms with Gasteiger partial charge in [0.05, 0.1) is 0 Å². The lowest BCUT2D eigenvalue weighted by atomic mass is 9.72. The maximum Gasteiger partial charge on any atom is 0.00516 e. The minimum atomic E-state index is 0.693. The van der Waals surface area contributed by atoms with E-state index in [0.717, 1.165) is 5.92 Å². The topological polar surface area (TPSA) is 6.48 Å². The zero-order chi connectivity index (χ0) is 13.9. The molecular weight excluding hydrogens is 232 g/mol. The first-order chi connectivity index (χ1) is 8.99. The molecule has 0 atom stereocenters. The summed E-state index contributed by atoms with van der Waals surface area (Å²) in [6.45, 7) is 17.0. The minimum Gasteiger partial charge on any atom is -0.303 e. The van der Waals surface area contributed by atoms with Gasteiger partial charge in [0.25, 0.3) is 0 Å². The fourth-order valence-electron chi connectivity index (χ4n) is 3.64. The van der Waals surface area contributed by atoms with E-state index in [1.54, 1.807) is 0 Å². The Hall–Kier alpha value is -0.340. The molecule has 0 aromatic heterocycles. The molecule has 0 aliphatic carbocycles. The molecule has 0 aromatic rings. The van der Waals surface area contributed by atoms with E-state index >= 15 is 0 Å². The molecule has 2 rings (SSSR count). The van der Waals surface area contributed by atoms with Gasteiger partial charge in [-0.1, -0.05) is 25.5 Å². The molecule has 2 heterocycles. The van der Waals surface area contributed by atoms with Gasteiger partial charge in [-0.05, 0) is 57.5 Å². The Morgan fingerprint density at radius 3 is 2.26 bits per heavy atom. The molecule has 110 valence electrons. The summed E-state index contributed by atoms with van der Waals surface area (Å²) in [5.74, 6) is 0.816. The van der Waals surface area contributed by atoms with Crippen LogP contribution in [0, 0.1) is 11.3 Å². The van der Waals surface area contributed by atoms with Crippen LogP contribution in [0.2, 0.25) is 0 Å². The number of nitrogens with zero attached hydrogens (tertiary/aromatic N) is 2. The Morgan fingerprint density at radius 2 is 1.74 bits per heavy atom. The van der Waals surface area contributed by atoms with Crippen LogP contribution in [-0.4, -0.2) is 49.1 Å². The van der Waals surface area contributed by atoms with Gasteiger partial charge in [0, 0.05) is 26.2 Å². The molecule has 2 saturated heterocycles. The van der Waals surface area contributed by atoms with Gasteiger partial charge in [0.15, 0.2) is 0 Å². The molecule has 0 bridgehead atoms. The van der Waals surface area contributed by atoms with Crippen LogP contribution in [0.3, 0.4) is 0 Å². The van der Waals surface area contributed by atoms with E-state index in [2.05, 4.69) is 43.6 Å². The van der Waals surface area contributed by atoms with E-state index in [-0.39, 0.29) is 0 Å². The van der Waals surface area contributed by atoms with Crippen LogP contribution in [0.15, 0.2) is 11.6 Å². The number of rotatable bonds is 5. The first-order valence-corrected chi connectivity index (χ1v) is 8.07. The van der Waals surface area contributed by atoms with Gasteiger partial charge >= 0.3 is 0 Å². The number of hydrogen-bond acceptors (Lipinski definition) is 2. The van der Waals surface area contributed by atoms with Crippen molar-refractivity contribution >= 4 is 0 Å². The Kier molecular flexibility index (Phi) is 5.08. The van der Waals surface area contributed by atoms with Gasteiger partial charge in [0.2, 0.25) is 0 Å². The molecule has 0 unspecified atom stereocenters. The molecule has 0 saturated carbocycles. The number of allylic oxidation sites excluding steroid dienone is 1. The molecule has 2 aliphatic heterocycles. The van der Waals surface area contributed by atoms with E-state index in [0.29, 0.717) is 5.41 Å². The van der Waals surface area contributed by atoms with Gasteiger partial charge < -0.3 is 9.80 Å². The summed E-state index contributed by atoms with van der Waals surface area (Å²) >= 11 is 0. The van der Waals surface area contributed by atoms with Crippen LogP contribution >= 0.6 is 0 Å². The number of hydrogen-bond donors (Lipinski definition) is 0. The van der Waals surface area contributed by atoms with Gasteiger partial charge in [-0.25, -0.2) is 0 Å². The Balaban J connectivity index is 1.65. The summed E-state index contributed by atoms with van der Waals surface area (Å²) in [5, 5.41) is 0. The van der Waals surface area contributed by atoms with Crippen LogP contribution in [-0.2, 0) is 0 Å². The molecule has 2 aliphatic rings. The average molecular weight is 264 g/mol. The molecule has 0 amide bonds. The molecule has 1 spiro atoms. The molecule has 2 fully saturated rings. The first-order valence-electron chi connectivity index (χ1n) is 8.07. The zero-order valence-electron chi connectivity index (χ0n) is 13.4. The second-order valence-electron chi connectivity index (χ2n) is 7.48. The van der Waals surface area contributed by atoms with Crippen LogP contribution in [0.5, 0.6) is 0 Å². The van der Waals surface area contributed by atoms with E-state index < -0.39 is 0 Å². The second-order valence-corrected chi connectivity index (χ2v) is 7.48. The predicted molar refractivity (Wildman–Crippen MR) is 83.4 cm³/mol. The van der Waals surface area contributed by atoms with Crippen molar-refractivity contribution in [1.29, 1.82) is 0 Å². The lowest BCUT2D eigenvalue weighted by Crippen LogP contribution is -2.60. The molecule has 0 N–H and O–H groups in total. The fourth-order valence-corrected chi connectivity index (χ4v) is 3.64. The molecule has 0 radical (unpaired) electrons. The summed E-state index contributed by atoms with van der Waals surface area (Å²) in [5.41, 5.74) is 2.15. The third-order valence-corrected chi connectivity index (χ3v) is 4.66. The van der Waals surface area contributed by atoms with Crippen molar-refractivity contribution < 1.29 is 0 Å². The van der Waals surface area contributed by atoms with Gasteiger partial charge in [-0.2, -0.15) is 0 Å². The molecule has 0 aromatic carbocycles. The van der Waals surface area contributed by atoms with Crippen molar-refractivity contribution in [3.8, 4) is 0 Å². The highest BCUT2D eigenvalue weighted by Crippen LogP contribution is 2.40. The van der Waals surface area contributed by atoms with Crippen LogP contribution in [0.25, 0.3) is 0 Å². The second kappa shape index (κ2) is 6.41. The van der Waals surface area contributed by atoms with Crippen molar-refractivity contribution in [1.82, 2.24) is 9.80 Å². The summed E-state index contributed by atoms with van der Waals surface area (Å²) in [6.07, 6.45) is 6.46. The SMILES string of the molecule is CC(C)=CCCN1CC2(CCN(CC(C)C)CC2)C1. The van der Waals surface area contributed by atoms with Crippen molar-refractivity contribution in [2.24, 2.45) is 11.3 Å². The summed E-state index contributed by atoms with van der Waals surface area (Å²) < 4.78 is 0. The third-order valence-electron chi connectivity index (χ3n) is 4.66. The highest BCUT2D eigenvalue weighted by molar-refractivity contribution is 5.00. The lowest BCUT2D eigenvalue weighted by molar-refractivity contribution is -0.0467. The number of likely N-dealkylation sites (tertiary alicyclic amines) is 2. The quantitative estimate of drug-likeness (QED) is 0.702.